The van der Waals surface area contributed by atoms with E-state index >= 15 is 0 Å². The summed E-state index contributed by atoms with van der Waals surface area (Å²) in [6.45, 7) is 3.70. The van der Waals surface area contributed by atoms with Crippen LogP contribution in [0.1, 0.15) is 25.7 Å². The van der Waals surface area contributed by atoms with Crippen LogP contribution in [0.25, 0.3) is 0 Å². The lowest BCUT2D eigenvalue weighted by Crippen LogP contribution is -2.42. The van der Waals surface area contributed by atoms with Gasteiger partial charge >= 0.3 is 6.09 Å². The van der Waals surface area contributed by atoms with Crippen LogP contribution in [0.5, 0.6) is 0 Å². The van der Waals surface area contributed by atoms with Gasteiger partial charge in [0.1, 0.15) is 0 Å². The Kier molecular flexibility index (Phi) is 5.10. The van der Waals surface area contributed by atoms with E-state index in [0.717, 1.165) is 50.9 Å². The number of halogens is 1. The molecule has 0 aliphatic carbocycles. The Morgan fingerprint density at radius 3 is 1.95 bits per heavy atom. The number of amides is 1. The smallest absolute Gasteiger partial charge is 0.407 e. The summed E-state index contributed by atoms with van der Waals surface area (Å²) in [6.07, 6.45) is 3.81. The van der Waals surface area contributed by atoms with Crippen molar-refractivity contribution in [2.24, 2.45) is 11.8 Å². The van der Waals surface area contributed by atoms with Gasteiger partial charge in [-0.15, -0.1) is 0 Å². The second-order valence-corrected chi connectivity index (χ2v) is 7.65. The number of carboxylic acid groups (broad SMARTS) is 1. The molecular formula is C17H23IN2O2. The summed E-state index contributed by atoms with van der Waals surface area (Å²) in [5, 5.41) is 9.03. The van der Waals surface area contributed by atoms with Crippen LogP contribution in [-0.4, -0.2) is 42.3 Å². The van der Waals surface area contributed by atoms with E-state index in [9.17, 15) is 4.79 Å². The highest BCUT2D eigenvalue weighted by Crippen LogP contribution is 2.33. The Morgan fingerprint density at radius 2 is 1.45 bits per heavy atom. The molecule has 2 aliphatic heterocycles. The van der Waals surface area contributed by atoms with Gasteiger partial charge < -0.3 is 14.9 Å². The lowest BCUT2D eigenvalue weighted by molar-refractivity contribution is 0.107. The number of nitrogens with zero attached hydrogens (tertiary/aromatic N) is 2. The molecule has 2 aliphatic rings. The van der Waals surface area contributed by atoms with Gasteiger partial charge in [-0.1, -0.05) is 0 Å². The van der Waals surface area contributed by atoms with Gasteiger partial charge in [0.2, 0.25) is 0 Å². The molecule has 1 aromatic carbocycles. The fourth-order valence-corrected chi connectivity index (χ4v) is 4.20. The summed E-state index contributed by atoms with van der Waals surface area (Å²) in [5.74, 6) is 1.49. The van der Waals surface area contributed by atoms with E-state index < -0.39 is 6.09 Å². The van der Waals surface area contributed by atoms with Crippen LogP contribution in [0, 0.1) is 15.4 Å². The first kappa shape index (κ1) is 15.9. The van der Waals surface area contributed by atoms with Crippen LogP contribution >= 0.6 is 22.6 Å². The molecule has 4 nitrogen and oxygen atoms in total. The van der Waals surface area contributed by atoms with E-state index in [1.807, 2.05) is 0 Å². The second-order valence-electron chi connectivity index (χ2n) is 6.41. The molecular weight excluding hydrogens is 391 g/mol. The van der Waals surface area contributed by atoms with E-state index in [1.54, 1.807) is 4.90 Å². The number of benzene rings is 1. The highest BCUT2D eigenvalue weighted by atomic mass is 127. The van der Waals surface area contributed by atoms with Crippen LogP contribution in [0.2, 0.25) is 0 Å². The zero-order valence-corrected chi connectivity index (χ0v) is 14.9. The summed E-state index contributed by atoms with van der Waals surface area (Å²) in [6, 6.07) is 8.77. The minimum atomic E-state index is -0.757. The van der Waals surface area contributed by atoms with Gasteiger partial charge in [-0.2, -0.15) is 0 Å². The van der Waals surface area contributed by atoms with E-state index in [0.29, 0.717) is 0 Å². The fourth-order valence-electron chi connectivity index (χ4n) is 3.84. The van der Waals surface area contributed by atoms with Crippen LogP contribution in [-0.2, 0) is 0 Å². The maximum atomic E-state index is 11.0. The third kappa shape index (κ3) is 3.67. The predicted octanol–water partition coefficient (Wildman–Crippen LogP) is 3.90. The van der Waals surface area contributed by atoms with Crippen molar-refractivity contribution in [3.8, 4) is 0 Å². The van der Waals surface area contributed by atoms with Gasteiger partial charge in [0.25, 0.3) is 0 Å². The predicted molar refractivity (Wildman–Crippen MR) is 96.4 cm³/mol. The van der Waals surface area contributed by atoms with E-state index in [1.165, 1.54) is 22.1 Å². The summed E-state index contributed by atoms with van der Waals surface area (Å²) in [4.78, 5) is 15.0. The molecule has 0 atom stereocenters. The molecule has 2 fully saturated rings. The number of anilines is 1. The Bertz CT molecular complexity index is 504. The minimum absolute atomic E-state index is 0.717. The molecule has 22 heavy (non-hydrogen) atoms. The van der Waals surface area contributed by atoms with Crippen molar-refractivity contribution in [1.82, 2.24) is 4.90 Å². The SMILES string of the molecule is O=C(O)N1CCC(C2CCN(c3ccc(I)cc3)CC2)CC1. The van der Waals surface area contributed by atoms with Crippen molar-refractivity contribution in [1.29, 1.82) is 0 Å². The Balaban J connectivity index is 1.50. The van der Waals surface area contributed by atoms with Crippen molar-refractivity contribution in [2.75, 3.05) is 31.1 Å². The molecule has 1 amide bonds. The molecule has 1 aromatic rings. The number of rotatable bonds is 2. The second kappa shape index (κ2) is 7.06. The normalized spacial score (nSPS) is 21.1. The first-order valence-electron chi connectivity index (χ1n) is 8.12. The maximum Gasteiger partial charge on any atom is 0.407 e. The van der Waals surface area contributed by atoms with Crippen molar-refractivity contribution in [3.05, 3.63) is 27.8 Å². The van der Waals surface area contributed by atoms with Gasteiger partial charge in [-0.05, 0) is 84.4 Å². The van der Waals surface area contributed by atoms with Crippen molar-refractivity contribution in [2.45, 2.75) is 25.7 Å². The third-order valence-corrected chi connectivity index (χ3v) is 5.93. The quantitative estimate of drug-likeness (QED) is 0.747. The molecule has 0 unspecified atom stereocenters. The van der Waals surface area contributed by atoms with Gasteiger partial charge in [0, 0.05) is 35.4 Å². The van der Waals surface area contributed by atoms with Crippen LogP contribution in [0.15, 0.2) is 24.3 Å². The molecule has 3 rings (SSSR count). The van der Waals surface area contributed by atoms with Gasteiger partial charge in [0.15, 0.2) is 0 Å². The first-order chi connectivity index (χ1) is 10.6. The molecule has 0 aromatic heterocycles. The van der Waals surface area contributed by atoms with Gasteiger partial charge in [-0.3, -0.25) is 0 Å². The highest BCUT2D eigenvalue weighted by molar-refractivity contribution is 14.1. The molecule has 0 bridgehead atoms. The molecule has 0 spiro atoms. The lowest BCUT2D eigenvalue weighted by Gasteiger charge is -2.40. The third-order valence-electron chi connectivity index (χ3n) is 5.21. The van der Waals surface area contributed by atoms with Gasteiger partial charge in [0.05, 0.1) is 0 Å². The first-order valence-corrected chi connectivity index (χ1v) is 9.20. The van der Waals surface area contributed by atoms with E-state index in [2.05, 4.69) is 51.8 Å². The molecule has 1 N–H and O–H groups in total. The van der Waals surface area contributed by atoms with Crippen molar-refractivity contribution >= 4 is 34.4 Å². The fraction of sp³-hybridized carbons (Fsp3) is 0.588. The van der Waals surface area contributed by atoms with E-state index in [-0.39, 0.29) is 0 Å². The number of hydrogen-bond donors (Lipinski definition) is 1. The average molecular weight is 414 g/mol. The Morgan fingerprint density at radius 1 is 0.955 bits per heavy atom. The molecule has 0 saturated carbocycles. The van der Waals surface area contributed by atoms with Crippen LogP contribution < -0.4 is 4.90 Å². The Labute approximate surface area is 145 Å². The summed E-state index contributed by atoms with van der Waals surface area (Å²) in [7, 11) is 0. The maximum absolute atomic E-state index is 11.0. The van der Waals surface area contributed by atoms with E-state index in [4.69, 9.17) is 5.11 Å². The molecule has 2 heterocycles. The molecule has 5 heteroatoms. The highest BCUT2D eigenvalue weighted by Gasteiger charge is 2.30. The van der Waals surface area contributed by atoms with Crippen LogP contribution in [0.4, 0.5) is 10.5 Å². The van der Waals surface area contributed by atoms with Crippen LogP contribution in [0.3, 0.4) is 0 Å². The lowest BCUT2D eigenvalue weighted by atomic mass is 9.79. The van der Waals surface area contributed by atoms with Crippen molar-refractivity contribution in [3.63, 3.8) is 0 Å². The van der Waals surface area contributed by atoms with Gasteiger partial charge in [-0.25, -0.2) is 4.79 Å². The zero-order valence-electron chi connectivity index (χ0n) is 12.7. The van der Waals surface area contributed by atoms with Crippen molar-refractivity contribution < 1.29 is 9.90 Å². The largest absolute Gasteiger partial charge is 0.465 e. The monoisotopic (exact) mass is 414 g/mol. The number of hydrogen-bond acceptors (Lipinski definition) is 2. The molecule has 2 saturated heterocycles. The topological polar surface area (TPSA) is 43.8 Å². The summed E-state index contributed by atoms with van der Waals surface area (Å²) < 4.78 is 1.28. The number of piperidine rings is 2. The molecule has 0 radical (unpaired) electrons. The zero-order chi connectivity index (χ0) is 15.5. The number of carbonyl (C=O) groups is 1. The summed E-state index contributed by atoms with van der Waals surface area (Å²) in [5.41, 5.74) is 1.33. The standard InChI is InChI=1S/C17H23IN2O2/c18-15-1-3-16(4-2-15)19-9-5-13(6-10-19)14-7-11-20(12-8-14)17(21)22/h1-4,13-14H,5-12H2,(H,21,22). The molecule has 120 valence electrons. The average Bonchev–Trinajstić information content (AvgIpc) is 2.56. The summed E-state index contributed by atoms with van der Waals surface area (Å²) >= 11 is 2.34. The number of likely N-dealkylation sites (tertiary alicyclic amines) is 1. The Hall–Kier alpha value is -0.980. The minimum Gasteiger partial charge on any atom is -0.465 e.